The van der Waals surface area contributed by atoms with Crippen molar-refractivity contribution in [2.24, 2.45) is 5.41 Å². The van der Waals surface area contributed by atoms with Crippen molar-refractivity contribution in [3.63, 3.8) is 0 Å². The molecule has 0 fully saturated rings. The first-order chi connectivity index (χ1) is 15.3. The van der Waals surface area contributed by atoms with E-state index in [1.165, 1.54) is 11.6 Å². The van der Waals surface area contributed by atoms with Gasteiger partial charge in [-0.15, -0.1) is 10.2 Å². The normalized spacial score (nSPS) is 14.5. The van der Waals surface area contributed by atoms with Crippen LogP contribution in [0.5, 0.6) is 5.75 Å². The fraction of sp³-hybridized carbons (Fsp3) is 0.400. The number of nitrogens with zero attached hydrogens (tertiary/aromatic N) is 5. The summed E-state index contributed by atoms with van der Waals surface area (Å²) in [7, 11) is 0. The molecule has 166 valence electrons. The smallest absolute Gasteiger partial charge is 0.257 e. The van der Waals surface area contributed by atoms with Crippen molar-refractivity contribution in [2.45, 2.75) is 47.0 Å². The summed E-state index contributed by atoms with van der Waals surface area (Å²) in [4.78, 5) is 6.87. The van der Waals surface area contributed by atoms with Crippen LogP contribution in [-0.4, -0.2) is 32.7 Å². The zero-order valence-corrected chi connectivity index (χ0v) is 19.0. The number of fused-ring (bicyclic) bond motifs is 4. The molecule has 0 unspecified atom stereocenters. The molecule has 1 aliphatic rings. The van der Waals surface area contributed by atoms with E-state index in [2.05, 4.69) is 48.0 Å². The SMILES string of the molecule is Cc1nnc2nc(N3CCCOc4c(CCC(C)(C)C)cccc43)c3c(F)cccc3n12. The van der Waals surface area contributed by atoms with Crippen LogP contribution in [0.1, 0.15) is 45.0 Å². The molecule has 6 nitrogen and oxygen atoms in total. The first-order valence-corrected chi connectivity index (χ1v) is 11.2. The second-order valence-corrected chi connectivity index (χ2v) is 9.63. The van der Waals surface area contributed by atoms with E-state index in [4.69, 9.17) is 9.72 Å². The second-order valence-electron chi connectivity index (χ2n) is 9.63. The summed E-state index contributed by atoms with van der Waals surface area (Å²) < 4.78 is 23.3. The van der Waals surface area contributed by atoms with Crippen LogP contribution in [0, 0.1) is 18.2 Å². The molecule has 32 heavy (non-hydrogen) atoms. The molecule has 0 radical (unpaired) electrons. The summed E-state index contributed by atoms with van der Waals surface area (Å²) in [6.07, 6.45) is 2.78. The van der Waals surface area contributed by atoms with Crippen LogP contribution in [0.3, 0.4) is 0 Å². The van der Waals surface area contributed by atoms with E-state index in [9.17, 15) is 0 Å². The monoisotopic (exact) mass is 433 g/mol. The highest BCUT2D eigenvalue weighted by Gasteiger charge is 2.26. The van der Waals surface area contributed by atoms with Crippen LogP contribution in [0.15, 0.2) is 36.4 Å². The molecular weight excluding hydrogens is 405 g/mol. The summed E-state index contributed by atoms with van der Waals surface area (Å²) >= 11 is 0. The van der Waals surface area contributed by atoms with Gasteiger partial charge in [0.2, 0.25) is 0 Å². The quantitative estimate of drug-likeness (QED) is 0.419. The Kier molecular flexibility index (Phi) is 4.99. The minimum atomic E-state index is -0.310. The second kappa shape index (κ2) is 7.73. The third kappa shape index (κ3) is 3.55. The van der Waals surface area contributed by atoms with Crippen LogP contribution in [-0.2, 0) is 6.42 Å². The molecule has 5 rings (SSSR count). The molecule has 2 aromatic carbocycles. The van der Waals surface area contributed by atoms with Crippen LogP contribution < -0.4 is 9.64 Å². The summed E-state index contributed by atoms with van der Waals surface area (Å²) in [5, 5.41) is 8.87. The first kappa shape index (κ1) is 20.7. The lowest BCUT2D eigenvalue weighted by atomic mass is 9.88. The Morgan fingerprint density at radius 1 is 1.09 bits per heavy atom. The number of benzene rings is 2. The molecule has 0 atom stereocenters. The molecule has 0 N–H and O–H groups in total. The van der Waals surface area contributed by atoms with Gasteiger partial charge in [0.15, 0.2) is 0 Å². The van der Waals surface area contributed by atoms with Crippen LogP contribution in [0.4, 0.5) is 15.9 Å². The molecule has 0 amide bonds. The molecule has 0 saturated carbocycles. The lowest BCUT2D eigenvalue weighted by molar-refractivity contribution is 0.315. The van der Waals surface area contributed by atoms with Gasteiger partial charge in [0.1, 0.15) is 23.2 Å². The van der Waals surface area contributed by atoms with Crippen LogP contribution >= 0.6 is 0 Å². The van der Waals surface area contributed by atoms with Gasteiger partial charge in [-0.25, -0.2) is 4.39 Å². The molecule has 4 aromatic rings. The van der Waals surface area contributed by atoms with E-state index in [1.54, 1.807) is 10.5 Å². The fourth-order valence-electron chi connectivity index (χ4n) is 4.37. The molecule has 7 heteroatoms. The van der Waals surface area contributed by atoms with Gasteiger partial charge < -0.3 is 9.64 Å². The third-order valence-corrected chi connectivity index (χ3v) is 6.01. The minimum absolute atomic E-state index is 0.227. The minimum Gasteiger partial charge on any atom is -0.491 e. The van der Waals surface area contributed by atoms with Crippen molar-refractivity contribution >= 4 is 28.2 Å². The molecule has 2 aromatic heterocycles. The van der Waals surface area contributed by atoms with Crippen molar-refractivity contribution in [3.05, 3.63) is 53.6 Å². The van der Waals surface area contributed by atoms with Gasteiger partial charge in [0, 0.05) is 6.54 Å². The highest BCUT2D eigenvalue weighted by molar-refractivity contribution is 5.94. The van der Waals surface area contributed by atoms with Crippen LogP contribution in [0.2, 0.25) is 0 Å². The largest absolute Gasteiger partial charge is 0.491 e. The Labute approximate surface area is 187 Å². The number of ether oxygens (including phenoxy) is 1. The summed E-state index contributed by atoms with van der Waals surface area (Å²) in [6.45, 7) is 9.88. The Bertz CT molecular complexity index is 1310. The maximum absolute atomic E-state index is 15.2. The first-order valence-electron chi connectivity index (χ1n) is 11.2. The molecule has 3 heterocycles. The zero-order chi connectivity index (χ0) is 22.5. The number of para-hydroxylation sites is 1. The number of rotatable bonds is 3. The zero-order valence-electron chi connectivity index (χ0n) is 19.0. The third-order valence-electron chi connectivity index (χ3n) is 6.01. The van der Waals surface area contributed by atoms with Gasteiger partial charge in [-0.1, -0.05) is 39.0 Å². The van der Waals surface area contributed by atoms with E-state index in [0.29, 0.717) is 41.5 Å². The highest BCUT2D eigenvalue weighted by atomic mass is 19.1. The molecule has 1 aliphatic heterocycles. The summed E-state index contributed by atoms with van der Waals surface area (Å²) in [6, 6.07) is 11.3. The number of aryl methyl sites for hydroxylation is 2. The van der Waals surface area contributed by atoms with Gasteiger partial charge in [-0.3, -0.25) is 4.40 Å². The fourth-order valence-corrected chi connectivity index (χ4v) is 4.37. The van der Waals surface area contributed by atoms with E-state index in [-0.39, 0.29) is 11.2 Å². The van der Waals surface area contributed by atoms with E-state index < -0.39 is 0 Å². The number of hydrogen-bond donors (Lipinski definition) is 0. The van der Waals surface area contributed by atoms with Gasteiger partial charge >= 0.3 is 0 Å². The predicted octanol–water partition coefficient (Wildman–Crippen LogP) is 5.62. The Morgan fingerprint density at radius 3 is 2.72 bits per heavy atom. The lowest BCUT2D eigenvalue weighted by Gasteiger charge is -2.26. The molecular formula is C25H28FN5O. The summed E-state index contributed by atoms with van der Waals surface area (Å²) in [5.74, 6) is 2.26. The van der Waals surface area contributed by atoms with E-state index >= 15 is 4.39 Å². The topological polar surface area (TPSA) is 55.5 Å². The Morgan fingerprint density at radius 2 is 1.91 bits per heavy atom. The lowest BCUT2D eigenvalue weighted by Crippen LogP contribution is -2.20. The van der Waals surface area contributed by atoms with E-state index in [0.717, 1.165) is 30.7 Å². The van der Waals surface area contributed by atoms with Gasteiger partial charge in [-0.2, -0.15) is 4.98 Å². The molecule has 0 spiro atoms. The van der Waals surface area contributed by atoms with Crippen molar-refractivity contribution in [1.82, 2.24) is 19.6 Å². The Hall–Kier alpha value is -3.22. The maximum Gasteiger partial charge on any atom is 0.257 e. The predicted molar refractivity (Wildman–Crippen MR) is 124 cm³/mol. The number of anilines is 2. The van der Waals surface area contributed by atoms with Gasteiger partial charge in [0.25, 0.3) is 5.78 Å². The number of halogens is 1. The summed E-state index contributed by atoms with van der Waals surface area (Å²) in [5.41, 5.74) is 3.04. The average molecular weight is 434 g/mol. The molecule has 0 bridgehead atoms. The van der Waals surface area contributed by atoms with E-state index in [1.807, 2.05) is 19.1 Å². The molecule has 0 saturated heterocycles. The van der Waals surface area contributed by atoms with Crippen molar-refractivity contribution < 1.29 is 9.13 Å². The number of aromatic nitrogens is 4. The maximum atomic E-state index is 15.2. The van der Waals surface area contributed by atoms with Gasteiger partial charge in [0.05, 0.1) is 23.2 Å². The van der Waals surface area contributed by atoms with Crippen molar-refractivity contribution in [2.75, 3.05) is 18.1 Å². The average Bonchev–Trinajstić information content (AvgIpc) is 2.99. The highest BCUT2D eigenvalue weighted by Crippen LogP contribution is 2.42. The van der Waals surface area contributed by atoms with Crippen LogP contribution in [0.25, 0.3) is 16.7 Å². The van der Waals surface area contributed by atoms with Crippen molar-refractivity contribution in [1.29, 1.82) is 0 Å². The number of hydrogen-bond acceptors (Lipinski definition) is 5. The standard InChI is InChI=1S/C25H28FN5O/c1-16-28-29-24-27-23(21-18(26)9-6-10-19(21)31(16)24)30-14-7-15-32-22-17(8-5-11-20(22)30)12-13-25(2,3)4/h5-6,8-11H,7,12-15H2,1-4H3. The molecule has 0 aliphatic carbocycles. The van der Waals surface area contributed by atoms with Gasteiger partial charge in [-0.05, 0) is 55.4 Å². The van der Waals surface area contributed by atoms with Crippen molar-refractivity contribution in [3.8, 4) is 5.75 Å². The Balaban J connectivity index is 1.71.